The third-order valence-corrected chi connectivity index (χ3v) is 3.94. The van der Waals surface area contributed by atoms with Gasteiger partial charge in [0.2, 0.25) is 0 Å². The summed E-state index contributed by atoms with van der Waals surface area (Å²) >= 11 is 0. The minimum absolute atomic E-state index is 0.150. The zero-order valence-corrected chi connectivity index (χ0v) is 11.3. The van der Waals surface area contributed by atoms with Crippen molar-refractivity contribution in [2.45, 2.75) is 25.8 Å². The molecule has 1 aromatic carbocycles. The second-order valence-electron chi connectivity index (χ2n) is 5.08. The van der Waals surface area contributed by atoms with Crippen molar-refractivity contribution in [2.75, 3.05) is 26.7 Å². The first-order chi connectivity index (χ1) is 8.76. The van der Waals surface area contributed by atoms with E-state index in [0.29, 0.717) is 12.0 Å². The second-order valence-corrected chi connectivity index (χ2v) is 5.08. The van der Waals surface area contributed by atoms with Crippen LogP contribution in [0.3, 0.4) is 0 Å². The predicted molar refractivity (Wildman–Crippen MR) is 73.0 cm³/mol. The molecule has 1 aromatic rings. The molecule has 3 heteroatoms. The molecule has 0 aromatic heterocycles. The van der Waals surface area contributed by atoms with Crippen molar-refractivity contribution >= 4 is 0 Å². The quantitative estimate of drug-likeness (QED) is 0.884. The Morgan fingerprint density at radius 2 is 2.06 bits per heavy atom. The summed E-state index contributed by atoms with van der Waals surface area (Å²) < 4.78 is 13.1. The highest BCUT2D eigenvalue weighted by molar-refractivity contribution is 5.21. The van der Waals surface area contributed by atoms with Crippen molar-refractivity contribution in [2.24, 2.45) is 5.92 Å². The van der Waals surface area contributed by atoms with E-state index in [0.717, 1.165) is 19.6 Å². The van der Waals surface area contributed by atoms with E-state index in [9.17, 15) is 4.39 Å². The maximum absolute atomic E-state index is 13.1. The van der Waals surface area contributed by atoms with Crippen molar-refractivity contribution in [3.63, 3.8) is 0 Å². The van der Waals surface area contributed by atoms with E-state index < -0.39 is 0 Å². The Hall–Kier alpha value is -0.930. The largest absolute Gasteiger partial charge is 0.319 e. The van der Waals surface area contributed by atoms with Crippen molar-refractivity contribution in [3.8, 4) is 0 Å². The van der Waals surface area contributed by atoms with E-state index >= 15 is 0 Å². The molecule has 1 saturated heterocycles. The van der Waals surface area contributed by atoms with Gasteiger partial charge in [-0.05, 0) is 63.1 Å². The van der Waals surface area contributed by atoms with Gasteiger partial charge in [-0.1, -0.05) is 19.1 Å². The fourth-order valence-corrected chi connectivity index (χ4v) is 3.13. The summed E-state index contributed by atoms with van der Waals surface area (Å²) in [6.45, 7) is 5.44. The van der Waals surface area contributed by atoms with Gasteiger partial charge in [0.1, 0.15) is 5.82 Å². The Morgan fingerprint density at radius 1 is 1.33 bits per heavy atom. The SMILES string of the molecule is CCN1CCCC(CNC)C1c1ccc(F)cc1. The summed E-state index contributed by atoms with van der Waals surface area (Å²) in [5.74, 6) is 0.469. The first-order valence-electron chi connectivity index (χ1n) is 6.90. The standard InChI is InChI=1S/C15H23FN2/c1-3-18-10-4-5-13(11-17-2)15(18)12-6-8-14(16)9-7-12/h6-9,13,15,17H,3-5,10-11H2,1-2H3. The maximum atomic E-state index is 13.1. The Bertz CT molecular complexity index is 361. The number of hydrogen-bond acceptors (Lipinski definition) is 2. The topological polar surface area (TPSA) is 15.3 Å². The monoisotopic (exact) mass is 250 g/mol. The normalized spacial score (nSPS) is 25.3. The zero-order chi connectivity index (χ0) is 13.0. The lowest BCUT2D eigenvalue weighted by molar-refractivity contribution is 0.0981. The van der Waals surface area contributed by atoms with Gasteiger partial charge in [-0.2, -0.15) is 0 Å². The van der Waals surface area contributed by atoms with Crippen LogP contribution < -0.4 is 5.32 Å². The smallest absolute Gasteiger partial charge is 0.123 e. The van der Waals surface area contributed by atoms with E-state index in [1.54, 1.807) is 12.1 Å². The van der Waals surface area contributed by atoms with Gasteiger partial charge in [-0.3, -0.25) is 4.90 Å². The molecule has 2 unspecified atom stereocenters. The lowest BCUT2D eigenvalue weighted by Crippen LogP contribution is -2.41. The van der Waals surface area contributed by atoms with Crippen LogP contribution in [-0.2, 0) is 0 Å². The van der Waals surface area contributed by atoms with Gasteiger partial charge in [-0.25, -0.2) is 4.39 Å². The highest BCUT2D eigenvalue weighted by Crippen LogP contribution is 2.35. The third-order valence-electron chi connectivity index (χ3n) is 3.94. The molecule has 1 aliphatic heterocycles. The van der Waals surface area contributed by atoms with Crippen LogP contribution in [0.5, 0.6) is 0 Å². The maximum Gasteiger partial charge on any atom is 0.123 e. The third kappa shape index (κ3) is 2.90. The average molecular weight is 250 g/mol. The molecule has 0 spiro atoms. The molecule has 1 fully saturated rings. The Labute approximate surface area is 109 Å². The summed E-state index contributed by atoms with van der Waals surface area (Å²) in [7, 11) is 2.01. The van der Waals surface area contributed by atoms with Crippen LogP contribution in [0.2, 0.25) is 0 Å². The molecule has 0 saturated carbocycles. The molecular weight excluding hydrogens is 227 g/mol. The molecule has 0 radical (unpaired) electrons. The van der Waals surface area contributed by atoms with Crippen molar-refractivity contribution in [3.05, 3.63) is 35.6 Å². The summed E-state index contributed by atoms with van der Waals surface area (Å²) in [5, 5.41) is 3.29. The average Bonchev–Trinajstić information content (AvgIpc) is 2.40. The molecule has 1 N–H and O–H groups in total. The molecule has 18 heavy (non-hydrogen) atoms. The van der Waals surface area contributed by atoms with Gasteiger partial charge in [0.05, 0.1) is 0 Å². The molecule has 2 rings (SSSR count). The van der Waals surface area contributed by atoms with Crippen LogP contribution in [0, 0.1) is 11.7 Å². The van der Waals surface area contributed by atoms with Crippen molar-refractivity contribution in [1.29, 1.82) is 0 Å². The van der Waals surface area contributed by atoms with Crippen molar-refractivity contribution in [1.82, 2.24) is 10.2 Å². The molecule has 100 valence electrons. The van der Waals surface area contributed by atoms with Gasteiger partial charge in [0.15, 0.2) is 0 Å². The van der Waals surface area contributed by atoms with Gasteiger partial charge in [-0.15, -0.1) is 0 Å². The fraction of sp³-hybridized carbons (Fsp3) is 0.600. The summed E-state index contributed by atoms with van der Waals surface area (Å²) in [6.07, 6.45) is 2.51. The number of rotatable bonds is 4. The highest BCUT2D eigenvalue weighted by atomic mass is 19.1. The molecule has 1 heterocycles. The Kier molecular flexibility index (Phi) is 4.72. The molecular formula is C15H23FN2. The number of nitrogens with zero attached hydrogens (tertiary/aromatic N) is 1. The van der Waals surface area contributed by atoms with E-state index in [-0.39, 0.29) is 5.82 Å². The number of piperidine rings is 1. The lowest BCUT2D eigenvalue weighted by Gasteiger charge is -2.41. The summed E-state index contributed by atoms with van der Waals surface area (Å²) in [6, 6.07) is 7.46. The number of benzene rings is 1. The molecule has 0 aliphatic carbocycles. The van der Waals surface area contributed by atoms with Gasteiger partial charge < -0.3 is 5.32 Å². The summed E-state index contributed by atoms with van der Waals surface area (Å²) in [5.41, 5.74) is 1.25. The van der Waals surface area contributed by atoms with Crippen LogP contribution in [0.4, 0.5) is 4.39 Å². The van der Waals surface area contributed by atoms with Crippen LogP contribution in [-0.4, -0.2) is 31.6 Å². The van der Waals surface area contributed by atoms with Crippen LogP contribution >= 0.6 is 0 Å². The first kappa shape index (κ1) is 13.5. The van der Waals surface area contributed by atoms with Gasteiger partial charge in [0, 0.05) is 6.04 Å². The van der Waals surface area contributed by atoms with Crippen LogP contribution in [0.25, 0.3) is 0 Å². The molecule has 0 bridgehead atoms. The van der Waals surface area contributed by atoms with Crippen molar-refractivity contribution < 1.29 is 4.39 Å². The van der Waals surface area contributed by atoms with Gasteiger partial charge >= 0.3 is 0 Å². The minimum atomic E-state index is -0.150. The minimum Gasteiger partial charge on any atom is -0.319 e. The Morgan fingerprint density at radius 3 is 2.67 bits per heavy atom. The number of nitrogens with one attached hydrogen (secondary N) is 1. The van der Waals surface area contributed by atoms with E-state index in [1.165, 1.54) is 18.4 Å². The zero-order valence-electron chi connectivity index (χ0n) is 11.3. The molecule has 2 nitrogen and oxygen atoms in total. The van der Waals surface area contributed by atoms with Gasteiger partial charge in [0.25, 0.3) is 0 Å². The number of likely N-dealkylation sites (tertiary alicyclic amines) is 1. The fourth-order valence-electron chi connectivity index (χ4n) is 3.13. The van der Waals surface area contributed by atoms with E-state index in [4.69, 9.17) is 0 Å². The molecule has 0 amide bonds. The second kappa shape index (κ2) is 6.30. The highest BCUT2D eigenvalue weighted by Gasteiger charge is 2.31. The van der Waals surface area contributed by atoms with E-state index in [1.807, 2.05) is 19.2 Å². The van der Waals surface area contributed by atoms with E-state index in [2.05, 4.69) is 17.1 Å². The number of hydrogen-bond donors (Lipinski definition) is 1. The predicted octanol–water partition coefficient (Wildman–Crippen LogP) is 2.82. The molecule has 2 atom stereocenters. The molecule has 1 aliphatic rings. The van der Waals surface area contributed by atoms with Crippen LogP contribution in [0.15, 0.2) is 24.3 Å². The Balaban J connectivity index is 2.24. The number of halogens is 1. The first-order valence-corrected chi connectivity index (χ1v) is 6.90. The lowest BCUT2D eigenvalue weighted by atomic mass is 9.84. The summed E-state index contributed by atoms with van der Waals surface area (Å²) in [4.78, 5) is 2.51. The van der Waals surface area contributed by atoms with Crippen LogP contribution in [0.1, 0.15) is 31.4 Å².